The average molecular weight is 558 g/mol. The highest BCUT2D eigenvalue weighted by Crippen LogP contribution is 2.32. The van der Waals surface area contributed by atoms with Gasteiger partial charge in [-0.3, -0.25) is 9.47 Å². The van der Waals surface area contributed by atoms with Crippen LogP contribution >= 0.6 is 0 Å². The number of piperazine rings is 1. The maximum atomic E-state index is 6.31. The van der Waals surface area contributed by atoms with Crippen molar-refractivity contribution < 1.29 is 0 Å². The van der Waals surface area contributed by atoms with Gasteiger partial charge < -0.3 is 10.6 Å². The lowest BCUT2D eigenvalue weighted by atomic mass is 10.1. The lowest BCUT2D eigenvalue weighted by molar-refractivity contribution is 0.109. The lowest BCUT2D eigenvalue weighted by Gasteiger charge is -2.41. The minimum atomic E-state index is 0.396. The van der Waals surface area contributed by atoms with E-state index in [-0.39, 0.29) is 0 Å². The third kappa shape index (κ3) is 5.83. The largest absolute Gasteiger partial charge is 0.383 e. The fourth-order valence-electron chi connectivity index (χ4n) is 5.49. The summed E-state index contributed by atoms with van der Waals surface area (Å²) in [6.07, 6.45) is 3.54. The van der Waals surface area contributed by atoms with Gasteiger partial charge in [-0.1, -0.05) is 69.5 Å². The molecule has 4 heterocycles. The molecule has 1 aliphatic heterocycles. The number of anilines is 1. The van der Waals surface area contributed by atoms with Crippen LogP contribution in [0.25, 0.3) is 39.5 Å². The van der Waals surface area contributed by atoms with Crippen LogP contribution in [0, 0.1) is 0 Å². The highest BCUT2D eigenvalue weighted by Gasteiger charge is 2.24. The summed E-state index contributed by atoms with van der Waals surface area (Å²) in [6.45, 7) is 18.1. The SMILES string of the molecule is C=CC(=C)N1CCN(Cc2ccc(-n3c(-c4cccnc4N)nc4ccc(-c5ccccc5)nc43)cc2)C[C@@H]1C.CC. The summed E-state index contributed by atoms with van der Waals surface area (Å²) < 4.78 is 2.08. The topological polar surface area (TPSA) is 76.1 Å². The van der Waals surface area contributed by atoms with Crippen LogP contribution in [0.2, 0.25) is 0 Å². The summed E-state index contributed by atoms with van der Waals surface area (Å²) >= 11 is 0. The molecular formula is C35H39N7. The van der Waals surface area contributed by atoms with Crippen molar-refractivity contribution in [2.24, 2.45) is 0 Å². The van der Waals surface area contributed by atoms with E-state index in [1.807, 2.05) is 62.4 Å². The Morgan fingerprint density at radius 1 is 0.952 bits per heavy atom. The number of hydrogen-bond acceptors (Lipinski definition) is 6. The Morgan fingerprint density at radius 2 is 1.71 bits per heavy atom. The number of imidazole rings is 1. The molecule has 2 aromatic carbocycles. The van der Waals surface area contributed by atoms with Crippen molar-refractivity contribution >= 4 is 17.0 Å². The van der Waals surface area contributed by atoms with Crippen LogP contribution in [-0.2, 0) is 6.54 Å². The lowest BCUT2D eigenvalue weighted by Crippen LogP contribution is -2.50. The highest BCUT2D eigenvalue weighted by atomic mass is 15.3. The molecule has 42 heavy (non-hydrogen) atoms. The van der Waals surface area contributed by atoms with Crippen molar-refractivity contribution in [3.8, 4) is 28.3 Å². The van der Waals surface area contributed by atoms with E-state index < -0.39 is 0 Å². The number of fused-ring (bicyclic) bond motifs is 1. The second-order valence-electron chi connectivity index (χ2n) is 10.3. The van der Waals surface area contributed by atoms with Gasteiger partial charge in [0.05, 0.1) is 11.3 Å². The first-order valence-electron chi connectivity index (χ1n) is 14.6. The van der Waals surface area contributed by atoms with Gasteiger partial charge in [-0.2, -0.15) is 0 Å². The molecule has 7 heteroatoms. The van der Waals surface area contributed by atoms with Gasteiger partial charge in [-0.05, 0) is 55.0 Å². The third-order valence-corrected chi connectivity index (χ3v) is 7.57. The Morgan fingerprint density at radius 3 is 2.40 bits per heavy atom. The maximum Gasteiger partial charge on any atom is 0.165 e. The minimum Gasteiger partial charge on any atom is -0.383 e. The second kappa shape index (κ2) is 12.8. The zero-order valence-electron chi connectivity index (χ0n) is 24.7. The molecule has 2 N–H and O–H groups in total. The van der Waals surface area contributed by atoms with Gasteiger partial charge in [0.1, 0.15) is 11.3 Å². The molecule has 6 rings (SSSR count). The van der Waals surface area contributed by atoms with E-state index in [0.29, 0.717) is 11.9 Å². The van der Waals surface area contributed by atoms with Crippen molar-refractivity contribution in [2.75, 3.05) is 25.4 Å². The number of aromatic nitrogens is 4. The fourth-order valence-corrected chi connectivity index (χ4v) is 5.49. The summed E-state index contributed by atoms with van der Waals surface area (Å²) in [6, 6.07) is 27.1. The molecule has 1 aliphatic rings. The fraction of sp³-hybridized carbons (Fsp3) is 0.229. The van der Waals surface area contributed by atoms with E-state index in [1.165, 1.54) is 5.56 Å². The van der Waals surface area contributed by atoms with E-state index in [1.54, 1.807) is 6.20 Å². The molecular weight excluding hydrogens is 518 g/mol. The Hall–Kier alpha value is -4.75. The number of nitrogens with two attached hydrogens (primary N) is 1. The monoisotopic (exact) mass is 557 g/mol. The third-order valence-electron chi connectivity index (χ3n) is 7.57. The summed E-state index contributed by atoms with van der Waals surface area (Å²) in [5.74, 6) is 1.16. The Labute approximate surface area is 248 Å². The second-order valence-corrected chi connectivity index (χ2v) is 10.3. The smallest absolute Gasteiger partial charge is 0.165 e. The van der Waals surface area contributed by atoms with E-state index in [4.69, 9.17) is 15.7 Å². The molecule has 1 atom stereocenters. The van der Waals surface area contributed by atoms with Gasteiger partial charge in [0.2, 0.25) is 0 Å². The van der Waals surface area contributed by atoms with Crippen molar-refractivity contribution in [3.05, 3.63) is 116 Å². The predicted octanol–water partition coefficient (Wildman–Crippen LogP) is 6.96. The summed E-state index contributed by atoms with van der Waals surface area (Å²) in [7, 11) is 0. The van der Waals surface area contributed by atoms with Crippen LogP contribution in [0.4, 0.5) is 5.82 Å². The molecule has 0 aliphatic carbocycles. The first-order chi connectivity index (χ1) is 20.5. The standard InChI is InChI=1S/C33H33N7.C2H6/c1-4-23(2)39-20-19-38(21-24(39)3)22-25-12-14-27(15-13-25)40-32(28-11-8-18-35-31(28)34)37-30-17-16-29(36-33(30)40)26-9-6-5-7-10-26;1-2/h4-18,24H,1-2,19-22H2,3H3,(H2,34,35);1-2H3/t24-;/m0./s1. The van der Waals surface area contributed by atoms with Crippen molar-refractivity contribution in [1.82, 2.24) is 29.3 Å². The minimum absolute atomic E-state index is 0.396. The molecule has 1 saturated heterocycles. The van der Waals surface area contributed by atoms with Crippen molar-refractivity contribution in [3.63, 3.8) is 0 Å². The number of hydrogen-bond donors (Lipinski definition) is 1. The van der Waals surface area contributed by atoms with Gasteiger partial charge in [0.25, 0.3) is 0 Å². The molecule has 0 amide bonds. The van der Waals surface area contributed by atoms with E-state index in [0.717, 1.165) is 71.4 Å². The van der Waals surface area contributed by atoms with E-state index >= 15 is 0 Å². The number of benzene rings is 2. The molecule has 1 fully saturated rings. The molecule has 0 saturated carbocycles. The number of allylic oxidation sites excluding steroid dienone is 1. The molecule has 0 bridgehead atoms. The number of pyridine rings is 2. The summed E-state index contributed by atoms with van der Waals surface area (Å²) in [5, 5.41) is 0. The van der Waals surface area contributed by atoms with E-state index in [2.05, 4.69) is 75.8 Å². The zero-order chi connectivity index (χ0) is 29.6. The van der Waals surface area contributed by atoms with Gasteiger partial charge >= 0.3 is 0 Å². The molecule has 0 radical (unpaired) electrons. The molecule has 0 spiro atoms. The normalized spacial score (nSPS) is 15.2. The van der Waals surface area contributed by atoms with Gasteiger partial charge in [0.15, 0.2) is 11.5 Å². The van der Waals surface area contributed by atoms with Crippen molar-refractivity contribution in [1.29, 1.82) is 0 Å². The maximum absolute atomic E-state index is 6.31. The Balaban J connectivity index is 0.00000173. The summed E-state index contributed by atoms with van der Waals surface area (Å²) in [5.41, 5.74) is 13.9. The van der Waals surface area contributed by atoms with Gasteiger partial charge in [-0.15, -0.1) is 0 Å². The first-order valence-corrected chi connectivity index (χ1v) is 14.6. The van der Waals surface area contributed by atoms with Crippen LogP contribution in [0.1, 0.15) is 26.3 Å². The number of rotatable bonds is 7. The van der Waals surface area contributed by atoms with E-state index in [9.17, 15) is 0 Å². The van der Waals surface area contributed by atoms with Crippen LogP contribution < -0.4 is 5.73 Å². The highest BCUT2D eigenvalue weighted by molar-refractivity contribution is 5.84. The van der Waals surface area contributed by atoms with Crippen LogP contribution in [0.5, 0.6) is 0 Å². The molecule has 3 aromatic heterocycles. The Bertz CT molecular complexity index is 1670. The summed E-state index contributed by atoms with van der Waals surface area (Å²) in [4.78, 5) is 19.2. The molecule has 5 aromatic rings. The van der Waals surface area contributed by atoms with Crippen LogP contribution in [0.15, 0.2) is 110 Å². The average Bonchev–Trinajstić information content (AvgIpc) is 3.41. The van der Waals surface area contributed by atoms with Crippen LogP contribution in [0.3, 0.4) is 0 Å². The predicted molar refractivity (Wildman–Crippen MR) is 174 cm³/mol. The zero-order valence-corrected chi connectivity index (χ0v) is 24.7. The van der Waals surface area contributed by atoms with Gasteiger partial charge in [-0.25, -0.2) is 15.0 Å². The van der Waals surface area contributed by atoms with Gasteiger partial charge in [0, 0.05) is 55.4 Å². The molecule has 214 valence electrons. The number of nitrogens with zero attached hydrogens (tertiary/aromatic N) is 6. The molecule has 0 unspecified atom stereocenters. The van der Waals surface area contributed by atoms with Crippen LogP contribution in [-0.4, -0.2) is 55.0 Å². The quantitative estimate of drug-likeness (QED) is 0.218. The van der Waals surface area contributed by atoms with Crippen molar-refractivity contribution in [2.45, 2.75) is 33.4 Å². The Kier molecular flexibility index (Phi) is 8.79. The first kappa shape index (κ1) is 28.8. The number of nitrogen functional groups attached to an aromatic ring is 1. The molecule has 7 nitrogen and oxygen atoms in total.